The van der Waals surface area contributed by atoms with Gasteiger partial charge in [-0.25, -0.2) is 4.99 Å². The lowest BCUT2D eigenvalue weighted by Gasteiger charge is -2.27. The van der Waals surface area contributed by atoms with E-state index < -0.39 is 0 Å². The zero-order valence-corrected chi connectivity index (χ0v) is 12.8. The highest BCUT2D eigenvalue weighted by molar-refractivity contribution is 7.99. The summed E-state index contributed by atoms with van der Waals surface area (Å²) in [5.74, 6) is 4.30. The van der Waals surface area contributed by atoms with E-state index in [4.69, 9.17) is 15.2 Å². The Morgan fingerprint density at radius 3 is 2.60 bits per heavy atom. The topological polar surface area (TPSA) is 60.1 Å². The molecule has 0 saturated carbocycles. The highest BCUT2D eigenvalue weighted by Crippen LogP contribution is 2.27. The first-order valence-electron chi connectivity index (χ1n) is 6.58. The second-order valence-electron chi connectivity index (χ2n) is 4.46. The van der Waals surface area contributed by atoms with Crippen molar-refractivity contribution in [3.63, 3.8) is 0 Å². The largest absolute Gasteiger partial charge is 0.493 e. The van der Waals surface area contributed by atoms with E-state index in [0.29, 0.717) is 18.3 Å². The van der Waals surface area contributed by atoms with E-state index in [1.54, 1.807) is 14.2 Å². The number of rotatable bonds is 4. The van der Waals surface area contributed by atoms with Gasteiger partial charge < -0.3 is 20.1 Å². The molecule has 1 aliphatic heterocycles. The maximum atomic E-state index is 6.03. The number of nitrogens with two attached hydrogens (primary N) is 1. The van der Waals surface area contributed by atoms with Gasteiger partial charge in [-0.2, -0.15) is 11.8 Å². The van der Waals surface area contributed by atoms with Crippen LogP contribution in [0.25, 0.3) is 0 Å². The highest BCUT2D eigenvalue weighted by Gasteiger charge is 2.12. The molecule has 0 spiro atoms. The maximum absolute atomic E-state index is 6.03. The van der Waals surface area contributed by atoms with Gasteiger partial charge in [0.2, 0.25) is 0 Å². The van der Waals surface area contributed by atoms with Crippen LogP contribution in [0, 0.1) is 0 Å². The summed E-state index contributed by atoms with van der Waals surface area (Å²) < 4.78 is 10.5. The molecule has 6 heteroatoms. The minimum atomic E-state index is 0.551. The third-order valence-corrected chi connectivity index (χ3v) is 4.15. The summed E-state index contributed by atoms with van der Waals surface area (Å²) in [6.07, 6.45) is 0. The highest BCUT2D eigenvalue weighted by atomic mass is 32.2. The average Bonchev–Trinajstić information content (AvgIpc) is 2.53. The Hall–Kier alpha value is -1.56. The van der Waals surface area contributed by atoms with Crippen molar-refractivity contribution in [2.24, 2.45) is 10.7 Å². The van der Waals surface area contributed by atoms with E-state index in [-0.39, 0.29) is 0 Å². The Labute approximate surface area is 124 Å². The van der Waals surface area contributed by atoms with Gasteiger partial charge in [-0.05, 0) is 17.7 Å². The lowest BCUT2D eigenvalue weighted by molar-refractivity contribution is 0.354. The SMILES string of the molecule is COc1ccc(CN=C(N)N2CCSCC2)cc1OC. The Kier molecular flexibility index (Phi) is 5.40. The Bertz CT molecular complexity index is 473. The fourth-order valence-corrected chi connectivity index (χ4v) is 2.95. The van der Waals surface area contributed by atoms with Crippen molar-refractivity contribution >= 4 is 17.7 Å². The molecule has 1 aromatic carbocycles. The first kappa shape index (κ1) is 14.8. The third kappa shape index (κ3) is 3.72. The molecule has 5 nitrogen and oxygen atoms in total. The first-order valence-corrected chi connectivity index (χ1v) is 7.73. The summed E-state index contributed by atoms with van der Waals surface area (Å²) >= 11 is 1.96. The normalized spacial score (nSPS) is 16.1. The quantitative estimate of drug-likeness (QED) is 0.675. The van der Waals surface area contributed by atoms with Crippen molar-refractivity contribution in [2.45, 2.75) is 6.54 Å². The van der Waals surface area contributed by atoms with E-state index >= 15 is 0 Å². The molecule has 0 radical (unpaired) electrons. The standard InChI is InChI=1S/C14H21N3O2S/c1-18-12-4-3-11(9-13(12)19-2)10-16-14(15)17-5-7-20-8-6-17/h3-4,9H,5-8,10H2,1-2H3,(H2,15,16). The lowest BCUT2D eigenvalue weighted by Crippen LogP contribution is -2.42. The zero-order valence-electron chi connectivity index (χ0n) is 12.0. The van der Waals surface area contributed by atoms with E-state index in [1.807, 2.05) is 30.0 Å². The van der Waals surface area contributed by atoms with E-state index in [1.165, 1.54) is 0 Å². The van der Waals surface area contributed by atoms with Crippen molar-refractivity contribution in [3.05, 3.63) is 23.8 Å². The second-order valence-corrected chi connectivity index (χ2v) is 5.69. The minimum Gasteiger partial charge on any atom is -0.493 e. The number of benzene rings is 1. The van der Waals surface area contributed by atoms with E-state index in [9.17, 15) is 0 Å². The third-order valence-electron chi connectivity index (χ3n) is 3.21. The Morgan fingerprint density at radius 1 is 1.25 bits per heavy atom. The number of hydrogen-bond acceptors (Lipinski definition) is 4. The molecular weight excluding hydrogens is 274 g/mol. The van der Waals surface area contributed by atoms with Crippen molar-refractivity contribution in [1.82, 2.24) is 4.90 Å². The number of guanidine groups is 1. The summed E-state index contributed by atoms with van der Waals surface area (Å²) in [5, 5.41) is 0. The molecule has 0 unspecified atom stereocenters. The molecular formula is C14H21N3O2S. The van der Waals surface area contributed by atoms with Crippen LogP contribution >= 0.6 is 11.8 Å². The van der Waals surface area contributed by atoms with Crippen LogP contribution in [0.4, 0.5) is 0 Å². The summed E-state index contributed by atoms with van der Waals surface area (Å²) in [6.45, 7) is 2.51. The fourth-order valence-electron chi connectivity index (χ4n) is 2.04. The minimum absolute atomic E-state index is 0.551. The maximum Gasteiger partial charge on any atom is 0.191 e. The molecule has 0 bridgehead atoms. The van der Waals surface area contributed by atoms with Gasteiger partial charge in [0.1, 0.15) is 0 Å². The van der Waals surface area contributed by atoms with Gasteiger partial charge in [0.25, 0.3) is 0 Å². The van der Waals surface area contributed by atoms with Crippen LogP contribution in [0.15, 0.2) is 23.2 Å². The smallest absolute Gasteiger partial charge is 0.191 e. The molecule has 110 valence electrons. The number of aliphatic imine (C=N–C) groups is 1. The molecule has 1 aliphatic rings. The van der Waals surface area contributed by atoms with Crippen LogP contribution in [-0.4, -0.2) is 49.7 Å². The molecule has 0 amide bonds. The zero-order chi connectivity index (χ0) is 14.4. The average molecular weight is 295 g/mol. The van der Waals surface area contributed by atoms with Crippen LogP contribution in [0.3, 0.4) is 0 Å². The first-order chi connectivity index (χ1) is 9.74. The Balaban J connectivity index is 2.02. The summed E-state index contributed by atoms with van der Waals surface area (Å²) in [6, 6.07) is 5.79. The molecule has 0 aromatic heterocycles. The molecule has 0 atom stereocenters. The molecule has 1 saturated heterocycles. The molecule has 20 heavy (non-hydrogen) atoms. The van der Waals surface area contributed by atoms with Gasteiger partial charge in [0.15, 0.2) is 17.5 Å². The predicted molar refractivity (Wildman–Crippen MR) is 83.8 cm³/mol. The van der Waals surface area contributed by atoms with E-state index in [2.05, 4.69) is 9.89 Å². The molecule has 1 aromatic rings. The lowest BCUT2D eigenvalue weighted by atomic mass is 10.2. The monoisotopic (exact) mass is 295 g/mol. The molecule has 1 heterocycles. The van der Waals surface area contributed by atoms with Gasteiger partial charge >= 0.3 is 0 Å². The van der Waals surface area contributed by atoms with Gasteiger partial charge in [-0.1, -0.05) is 6.07 Å². The summed E-state index contributed by atoms with van der Waals surface area (Å²) in [4.78, 5) is 6.60. The number of hydrogen-bond donors (Lipinski definition) is 1. The van der Waals surface area contributed by atoms with Crippen LogP contribution in [-0.2, 0) is 6.54 Å². The predicted octanol–water partition coefficient (Wildman–Crippen LogP) is 1.57. The molecule has 2 rings (SSSR count). The van der Waals surface area contributed by atoms with Crippen molar-refractivity contribution < 1.29 is 9.47 Å². The van der Waals surface area contributed by atoms with Gasteiger partial charge in [0.05, 0.1) is 20.8 Å². The van der Waals surface area contributed by atoms with Crippen molar-refractivity contribution in [3.8, 4) is 11.5 Å². The fraction of sp³-hybridized carbons (Fsp3) is 0.500. The number of methoxy groups -OCH3 is 2. The molecule has 1 fully saturated rings. The van der Waals surface area contributed by atoms with Crippen LogP contribution in [0.1, 0.15) is 5.56 Å². The summed E-state index contributed by atoms with van der Waals surface area (Å²) in [7, 11) is 3.26. The molecule has 0 aliphatic carbocycles. The van der Waals surface area contributed by atoms with Gasteiger partial charge in [-0.15, -0.1) is 0 Å². The number of nitrogens with zero attached hydrogens (tertiary/aromatic N) is 2. The number of thioether (sulfide) groups is 1. The number of ether oxygens (including phenoxy) is 2. The van der Waals surface area contributed by atoms with Gasteiger partial charge in [0, 0.05) is 24.6 Å². The van der Waals surface area contributed by atoms with Crippen molar-refractivity contribution in [2.75, 3.05) is 38.8 Å². The van der Waals surface area contributed by atoms with Crippen LogP contribution in [0.2, 0.25) is 0 Å². The van der Waals surface area contributed by atoms with Crippen molar-refractivity contribution in [1.29, 1.82) is 0 Å². The van der Waals surface area contributed by atoms with Crippen LogP contribution < -0.4 is 15.2 Å². The second kappa shape index (κ2) is 7.28. The van der Waals surface area contributed by atoms with Crippen LogP contribution in [0.5, 0.6) is 11.5 Å². The Morgan fingerprint density at radius 2 is 1.95 bits per heavy atom. The summed E-state index contributed by atoms with van der Waals surface area (Å²) in [5.41, 5.74) is 7.09. The molecule has 2 N–H and O–H groups in total. The van der Waals surface area contributed by atoms with E-state index in [0.717, 1.165) is 35.9 Å². The van der Waals surface area contributed by atoms with Gasteiger partial charge in [-0.3, -0.25) is 0 Å².